The van der Waals surface area contributed by atoms with E-state index in [9.17, 15) is 19.8 Å². The molecule has 0 unspecified atom stereocenters. The van der Waals surface area contributed by atoms with E-state index in [-0.39, 0.29) is 11.5 Å². The molecule has 0 atom stereocenters. The van der Waals surface area contributed by atoms with Gasteiger partial charge in [-0.2, -0.15) is 0 Å². The molecule has 0 saturated heterocycles. The summed E-state index contributed by atoms with van der Waals surface area (Å²) in [5.74, 6) is -0.0620. The molecule has 0 spiro atoms. The van der Waals surface area contributed by atoms with E-state index in [0.717, 1.165) is 12.2 Å². The van der Waals surface area contributed by atoms with Crippen molar-refractivity contribution < 1.29 is 29.3 Å². The fraction of sp³-hybridized carbons (Fsp3) is 0. The van der Waals surface area contributed by atoms with Crippen molar-refractivity contribution in [2.45, 2.75) is 0 Å². The summed E-state index contributed by atoms with van der Waals surface area (Å²) in [5, 5.41) is 19.2. The van der Waals surface area contributed by atoms with Gasteiger partial charge in [-0.25, -0.2) is 9.59 Å². The second-order valence-electron chi connectivity index (χ2n) is 7.28. The van der Waals surface area contributed by atoms with Crippen LogP contribution in [0.15, 0.2) is 122 Å². The zero-order chi connectivity index (χ0) is 25.9. The van der Waals surface area contributed by atoms with Gasteiger partial charge in [0, 0.05) is 34.4 Å². The van der Waals surface area contributed by atoms with Crippen LogP contribution in [0.5, 0.6) is 23.0 Å². The number of aromatic hydroxyl groups is 2. The molecule has 0 aliphatic rings. The highest BCUT2D eigenvalue weighted by Gasteiger charge is 2.14. The van der Waals surface area contributed by atoms with E-state index in [4.69, 9.17) is 9.47 Å². The lowest BCUT2D eigenvalue weighted by molar-refractivity contribution is -0.129. The lowest BCUT2D eigenvalue weighted by Crippen LogP contribution is -2.06. The largest absolute Gasteiger partial charge is 0.507 e. The van der Waals surface area contributed by atoms with Crippen LogP contribution >= 0.6 is 0 Å². The Kier molecular flexibility index (Phi) is 8.78. The van der Waals surface area contributed by atoms with Gasteiger partial charge in [0.05, 0.1) is 0 Å². The number of phenolic OH excluding ortho intramolecular Hbond substituents is 2. The van der Waals surface area contributed by atoms with Crippen LogP contribution in [0.2, 0.25) is 0 Å². The maximum atomic E-state index is 11.4. The van der Waals surface area contributed by atoms with Gasteiger partial charge in [0.25, 0.3) is 0 Å². The molecule has 0 aromatic heterocycles. The minimum Gasteiger partial charge on any atom is -0.507 e. The summed E-state index contributed by atoms with van der Waals surface area (Å²) in [6, 6.07) is 27.8. The van der Waals surface area contributed by atoms with Crippen LogP contribution in [0.25, 0.3) is 22.3 Å². The minimum atomic E-state index is -0.562. The molecule has 0 aliphatic heterocycles. The molecule has 0 fully saturated rings. The third-order valence-electron chi connectivity index (χ3n) is 4.92. The van der Waals surface area contributed by atoms with Crippen LogP contribution in [-0.2, 0) is 9.59 Å². The number of para-hydroxylation sites is 4. The molecule has 4 rings (SSSR count). The number of benzene rings is 4. The molecular formula is C30H24O6. The molecule has 2 N–H and O–H groups in total. The maximum Gasteiger partial charge on any atom is 0.335 e. The third-order valence-corrected chi connectivity index (χ3v) is 4.92. The van der Waals surface area contributed by atoms with Gasteiger partial charge in [0.2, 0.25) is 0 Å². The lowest BCUT2D eigenvalue weighted by Gasteiger charge is -2.12. The molecule has 0 heterocycles. The zero-order valence-electron chi connectivity index (χ0n) is 19.3. The van der Waals surface area contributed by atoms with Gasteiger partial charge in [-0.05, 0) is 24.3 Å². The number of carbonyl (C=O) groups excluding carboxylic acids is 2. The number of phenols is 2. The first-order valence-corrected chi connectivity index (χ1v) is 10.9. The zero-order valence-corrected chi connectivity index (χ0v) is 19.3. The van der Waals surface area contributed by atoms with Crippen LogP contribution in [0, 0.1) is 0 Å². The minimum absolute atomic E-state index is 0.175. The first-order valence-electron chi connectivity index (χ1n) is 10.9. The quantitative estimate of drug-likeness (QED) is 0.191. The molecule has 0 aliphatic carbocycles. The van der Waals surface area contributed by atoms with E-state index in [0.29, 0.717) is 33.8 Å². The first-order chi connectivity index (χ1) is 17.4. The summed E-state index contributed by atoms with van der Waals surface area (Å²) >= 11 is 0. The van der Waals surface area contributed by atoms with Crippen molar-refractivity contribution in [1.82, 2.24) is 0 Å². The summed E-state index contributed by atoms with van der Waals surface area (Å²) in [4.78, 5) is 22.9. The highest BCUT2D eigenvalue weighted by atomic mass is 16.5. The summed E-state index contributed by atoms with van der Waals surface area (Å²) in [6.07, 6.45) is 2.17. The summed E-state index contributed by atoms with van der Waals surface area (Å²) in [7, 11) is 0. The highest BCUT2D eigenvalue weighted by Crippen LogP contribution is 2.36. The molecule has 4 aromatic rings. The Labute approximate surface area is 209 Å². The Bertz CT molecular complexity index is 1280. The standard InChI is InChI=1S/C18H14O4.C12H10O2/c1-3-17(19)21-15-11-7-5-9-13(15)14-10-6-8-12-16(14)22-18(20)4-2;13-11-7-3-1-5-9(11)10-6-2-4-8-12(10)14/h3-12H,1-2H2;1-8,13-14H. The average molecular weight is 481 g/mol. The van der Waals surface area contributed by atoms with Gasteiger partial charge in [-0.1, -0.05) is 86.0 Å². The number of esters is 2. The molecule has 180 valence electrons. The van der Waals surface area contributed by atoms with Crippen LogP contribution in [0.4, 0.5) is 0 Å². The normalized spacial score (nSPS) is 9.78. The highest BCUT2D eigenvalue weighted by molar-refractivity contribution is 5.88. The molecule has 0 saturated carbocycles. The van der Waals surface area contributed by atoms with Gasteiger partial charge >= 0.3 is 11.9 Å². The molecule has 0 amide bonds. The van der Waals surface area contributed by atoms with E-state index in [1.165, 1.54) is 0 Å². The average Bonchev–Trinajstić information content (AvgIpc) is 2.90. The van der Waals surface area contributed by atoms with Crippen molar-refractivity contribution in [3.05, 3.63) is 122 Å². The van der Waals surface area contributed by atoms with E-state index in [1.807, 2.05) is 12.1 Å². The van der Waals surface area contributed by atoms with Gasteiger partial charge in [-0.15, -0.1) is 0 Å². The van der Waals surface area contributed by atoms with Crippen LogP contribution in [0.3, 0.4) is 0 Å². The SMILES string of the molecule is C=CC(=O)Oc1ccccc1-c1ccccc1OC(=O)C=C.Oc1ccccc1-c1ccccc1O. The van der Waals surface area contributed by atoms with E-state index in [1.54, 1.807) is 84.9 Å². The number of rotatable bonds is 6. The van der Waals surface area contributed by atoms with Crippen molar-refractivity contribution in [3.63, 3.8) is 0 Å². The molecule has 6 heteroatoms. The topological polar surface area (TPSA) is 93.1 Å². The molecule has 0 radical (unpaired) electrons. The fourth-order valence-corrected chi connectivity index (χ4v) is 3.26. The van der Waals surface area contributed by atoms with Crippen LogP contribution in [0.1, 0.15) is 0 Å². The smallest absolute Gasteiger partial charge is 0.335 e. The molecule has 6 nitrogen and oxygen atoms in total. The second kappa shape index (κ2) is 12.4. The van der Waals surface area contributed by atoms with E-state index >= 15 is 0 Å². The number of hydrogen-bond acceptors (Lipinski definition) is 6. The predicted octanol–water partition coefficient (Wildman–Crippen LogP) is 6.30. The van der Waals surface area contributed by atoms with Crippen molar-refractivity contribution in [2.75, 3.05) is 0 Å². The molecular weight excluding hydrogens is 456 g/mol. The predicted molar refractivity (Wildman–Crippen MR) is 139 cm³/mol. The lowest BCUT2D eigenvalue weighted by atomic mass is 10.0. The van der Waals surface area contributed by atoms with Gasteiger partial charge in [-0.3, -0.25) is 0 Å². The summed E-state index contributed by atoms with van der Waals surface area (Å²) < 4.78 is 10.4. The molecule has 36 heavy (non-hydrogen) atoms. The van der Waals surface area contributed by atoms with Crippen LogP contribution in [-0.4, -0.2) is 22.2 Å². The summed E-state index contributed by atoms with van der Waals surface area (Å²) in [5.41, 5.74) is 2.55. The van der Waals surface area contributed by atoms with Gasteiger partial charge in [0.15, 0.2) is 0 Å². The third kappa shape index (κ3) is 6.48. The Morgan fingerprint density at radius 2 is 0.833 bits per heavy atom. The van der Waals surface area contributed by atoms with Crippen molar-refractivity contribution in [2.24, 2.45) is 0 Å². The Hall–Kier alpha value is -5.10. The first kappa shape index (κ1) is 25.5. The summed E-state index contributed by atoms with van der Waals surface area (Å²) in [6.45, 7) is 6.74. The number of hydrogen-bond donors (Lipinski definition) is 2. The van der Waals surface area contributed by atoms with Crippen molar-refractivity contribution in [3.8, 4) is 45.3 Å². The van der Waals surface area contributed by atoms with Crippen molar-refractivity contribution in [1.29, 1.82) is 0 Å². The van der Waals surface area contributed by atoms with Gasteiger partial charge in [0.1, 0.15) is 23.0 Å². The molecule has 0 bridgehead atoms. The Morgan fingerprint density at radius 1 is 0.528 bits per heavy atom. The fourth-order valence-electron chi connectivity index (χ4n) is 3.26. The Balaban J connectivity index is 0.000000221. The monoisotopic (exact) mass is 480 g/mol. The van der Waals surface area contributed by atoms with Crippen LogP contribution < -0.4 is 9.47 Å². The van der Waals surface area contributed by atoms with Gasteiger partial charge < -0.3 is 19.7 Å². The molecule has 4 aromatic carbocycles. The maximum absolute atomic E-state index is 11.4. The Morgan fingerprint density at radius 3 is 1.17 bits per heavy atom. The second-order valence-corrected chi connectivity index (χ2v) is 7.28. The van der Waals surface area contributed by atoms with Crippen molar-refractivity contribution >= 4 is 11.9 Å². The number of ether oxygens (including phenoxy) is 2. The number of carbonyl (C=O) groups is 2. The van der Waals surface area contributed by atoms with E-state index in [2.05, 4.69) is 13.2 Å². The van der Waals surface area contributed by atoms with E-state index < -0.39 is 11.9 Å².